The van der Waals surface area contributed by atoms with Crippen LogP contribution in [0.25, 0.3) is 0 Å². The number of rotatable bonds is 3. The molecule has 0 aliphatic rings. The van der Waals surface area contributed by atoms with E-state index in [1.807, 2.05) is 30.3 Å². The van der Waals surface area contributed by atoms with Crippen LogP contribution in [0, 0.1) is 0 Å². The first-order valence-corrected chi connectivity index (χ1v) is 5.49. The van der Waals surface area contributed by atoms with Crippen LogP contribution in [0.4, 0.5) is 0 Å². The summed E-state index contributed by atoms with van der Waals surface area (Å²) in [6.45, 7) is 0.752. The predicted octanol–water partition coefficient (Wildman–Crippen LogP) is 2.55. The normalized spacial score (nSPS) is 9.75. The van der Waals surface area contributed by atoms with Gasteiger partial charge < -0.3 is 5.32 Å². The third-order valence-electron chi connectivity index (χ3n) is 2.24. The highest BCUT2D eigenvalue weighted by molar-refractivity contribution is 7.80. The van der Waals surface area contributed by atoms with E-state index in [4.69, 9.17) is 12.2 Å². The van der Waals surface area contributed by atoms with Gasteiger partial charge in [0.25, 0.3) is 0 Å². The van der Waals surface area contributed by atoms with Gasteiger partial charge in [0.2, 0.25) is 0 Å². The summed E-state index contributed by atoms with van der Waals surface area (Å²) < 4.78 is 0. The van der Waals surface area contributed by atoms with Crippen LogP contribution in [0.5, 0.6) is 0 Å². The molecule has 1 aromatic carbocycles. The maximum atomic E-state index is 5.28. The van der Waals surface area contributed by atoms with Crippen molar-refractivity contribution in [2.24, 2.45) is 0 Å². The highest BCUT2D eigenvalue weighted by Crippen LogP contribution is 2.01. The van der Waals surface area contributed by atoms with Gasteiger partial charge in [-0.3, -0.25) is 4.98 Å². The zero-order valence-corrected chi connectivity index (χ0v) is 9.58. The van der Waals surface area contributed by atoms with Crippen LogP contribution in [0.1, 0.15) is 11.1 Å². The second kappa shape index (κ2) is 5.37. The highest BCUT2D eigenvalue weighted by atomic mass is 32.1. The number of pyridine rings is 1. The Bertz CT molecular complexity index is 454. The van der Waals surface area contributed by atoms with Crippen LogP contribution >= 0.6 is 12.2 Å². The lowest BCUT2D eigenvalue weighted by molar-refractivity contribution is 0.928. The van der Waals surface area contributed by atoms with Crippen LogP contribution in [0.15, 0.2) is 54.9 Å². The molecule has 0 spiro atoms. The van der Waals surface area contributed by atoms with Crippen molar-refractivity contribution in [2.75, 3.05) is 0 Å². The highest BCUT2D eigenvalue weighted by Gasteiger charge is 1.99. The maximum absolute atomic E-state index is 5.28. The Kier molecular flexibility index (Phi) is 3.62. The molecule has 80 valence electrons. The van der Waals surface area contributed by atoms with E-state index < -0.39 is 0 Å². The Morgan fingerprint density at radius 2 is 1.75 bits per heavy atom. The summed E-state index contributed by atoms with van der Waals surface area (Å²) in [5, 5.41) is 3.22. The number of aromatic nitrogens is 1. The average Bonchev–Trinajstić information content (AvgIpc) is 2.38. The van der Waals surface area contributed by atoms with Gasteiger partial charge in [0, 0.05) is 24.5 Å². The zero-order valence-electron chi connectivity index (χ0n) is 8.76. The van der Waals surface area contributed by atoms with E-state index in [9.17, 15) is 0 Å². The second-order valence-electron chi connectivity index (χ2n) is 3.40. The van der Waals surface area contributed by atoms with Gasteiger partial charge in [0.1, 0.15) is 4.99 Å². The molecule has 16 heavy (non-hydrogen) atoms. The number of thiocarbonyl (C=S) groups is 1. The largest absolute Gasteiger partial charge is 0.372 e. The van der Waals surface area contributed by atoms with Gasteiger partial charge >= 0.3 is 0 Å². The molecule has 0 aliphatic heterocycles. The molecule has 0 saturated heterocycles. The van der Waals surface area contributed by atoms with Gasteiger partial charge in [-0.2, -0.15) is 0 Å². The fourth-order valence-corrected chi connectivity index (χ4v) is 1.59. The standard InChI is InChI=1S/C13H12N2S/c16-13(12-6-8-14-9-7-12)15-10-11-4-2-1-3-5-11/h1-9H,10H2,(H,15,16). The minimum absolute atomic E-state index is 0.752. The number of hydrogen-bond acceptors (Lipinski definition) is 2. The van der Waals surface area contributed by atoms with E-state index in [1.165, 1.54) is 5.56 Å². The van der Waals surface area contributed by atoms with Crippen LogP contribution < -0.4 is 5.32 Å². The van der Waals surface area contributed by atoms with Gasteiger partial charge in [0.05, 0.1) is 0 Å². The van der Waals surface area contributed by atoms with Crippen LogP contribution in [-0.4, -0.2) is 9.97 Å². The molecule has 0 atom stereocenters. The Morgan fingerprint density at radius 3 is 2.44 bits per heavy atom. The average molecular weight is 228 g/mol. The number of nitrogens with zero attached hydrogens (tertiary/aromatic N) is 1. The van der Waals surface area contributed by atoms with Crippen molar-refractivity contribution >= 4 is 17.2 Å². The fraction of sp³-hybridized carbons (Fsp3) is 0.0769. The lowest BCUT2D eigenvalue weighted by Gasteiger charge is -2.07. The smallest absolute Gasteiger partial charge is 0.106 e. The van der Waals surface area contributed by atoms with E-state index >= 15 is 0 Å². The molecule has 0 saturated carbocycles. The van der Waals surface area contributed by atoms with Gasteiger partial charge in [-0.15, -0.1) is 0 Å². The van der Waals surface area contributed by atoms with E-state index in [2.05, 4.69) is 22.4 Å². The topological polar surface area (TPSA) is 24.9 Å². The van der Waals surface area contributed by atoms with Crippen LogP contribution in [-0.2, 0) is 6.54 Å². The summed E-state index contributed by atoms with van der Waals surface area (Å²) in [6.07, 6.45) is 3.48. The number of nitrogens with one attached hydrogen (secondary N) is 1. The van der Waals surface area contributed by atoms with Gasteiger partial charge in [-0.05, 0) is 17.7 Å². The molecule has 2 nitrogen and oxygen atoms in total. The van der Waals surface area contributed by atoms with Gasteiger partial charge in [-0.25, -0.2) is 0 Å². The molecule has 0 radical (unpaired) electrons. The van der Waals surface area contributed by atoms with E-state index in [1.54, 1.807) is 12.4 Å². The molecule has 1 N–H and O–H groups in total. The Hall–Kier alpha value is -1.74. The Labute approximate surface area is 100 Å². The SMILES string of the molecule is S=C(NCc1ccccc1)c1ccncc1. The van der Waals surface area contributed by atoms with Gasteiger partial charge in [0.15, 0.2) is 0 Å². The molecular formula is C13H12N2S. The zero-order chi connectivity index (χ0) is 11.2. The summed E-state index contributed by atoms with van der Waals surface area (Å²) in [5.41, 5.74) is 2.22. The minimum Gasteiger partial charge on any atom is -0.372 e. The monoisotopic (exact) mass is 228 g/mol. The van der Waals surface area contributed by atoms with Crippen molar-refractivity contribution in [2.45, 2.75) is 6.54 Å². The van der Waals surface area contributed by atoms with Crippen molar-refractivity contribution < 1.29 is 0 Å². The molecule has 2 aromatic rings. The Balaban J connectivity index is 1.95. The molecule has 0 bridgehead atoms. The lowest BCUT2D eigenvalue weighted by Crippen LogP contribution is -2.21. The summed E-state index contributed by atoms with van der Waals surface area (Å²) in [6, 6.07) is 14.0. The third kappa shape index (κ3) is 2.87. The molecule has 1 aromatic heterocycles. The molecular weight excluding hydrogens is 216 g/mol. The fourth-order valence-electron chi connectivity index (χ4n) is 1.38. The first-order valence-electron chi connectivity index (χ1n) is 5.08. The van der Waals surface area contributed by atoms with Crippen molar-refractivity contribution in [1.82, 2.24) is 10.3 Å². The van der Waals surface area contributed by atoms with E-state index in [-0.39, 0.29) is 0 Å². The van der Waals surface area contributed by atoms with Crippen LogP contribution in [0.3, 0.4) is 0 Å². The lowest BCUT2D eigenvalue weighted by atomic mass is 10.2. The third-order valence-corrected chi connectivity index (χ3v) is 2.62. The molecule has 0 aliphatic carbocycles. The molecule has 2 rings (SSSR count). The summed E-state index contributed by atoms with van der Waals surface area (Å²) >= 11 is 5.28. The molecule has 0 amide bonds. The van der Waals surface area contributed by atoms with Crippen molar-refractivity contribution in [3.8, 4) is 0 Å². The minimum atomic E-state index is 0.752. The predicted molar refractivity (Wildman–Crippen MR) is 69.2 cm³/mol. The number of benzene rings is 1. The maximum Gasteiger partial charge on any atom is 0.106 e. The summed E-state index contributed by atoms with van der Waals surface area (Å²) in [7, 11) is 0. The molecule has 0 unspecified atom stereocenters. The van der Waals surface area contributed by atoms with Crippen molar-refractivity contribution in [3.05, 3.63) is 66.0 Å². The quantitative estimate of drug-likeness (QED) is 0.817. The molecule has 3 heteroatoms. The Morgan fingerprint density at radius 1 is 1.06 bits per heavy atom. The van der Waals surface area contributed by atoms with Crippen molar-refractivity contribution in [3.63, 3.8) is 0 Å². The van der Waals surface area contributed by atoms with Crippen LogP contribution in [0.2, 0.25) is 0 Å². The molecule has 0 fully saturated rings. The first-order chi connectivity index (χ1) is 7.86. The van der Waals surface area contributed by atoms with E-state index in [0.29, 0.717) is 0 Å². The summed E-state index contributed by atoms with van der Waals surface area (Å²) in [5.74, 6) is 0. The number of hydrogen-bond donors (Lipinski definition) is 1. The second-order valence-corrected chi connectivity index (χ2v) is 3.81. The first kappa shape index (κ1) is 10.8. The van der Waals surface area contributed by atoms with Crippen molar-refractivity contribution in [1.29, 1.82) is 0 Å². The summed E-state index contributed by atoms with van der Waals surface area (Å²) in [4.78, 5) is 4.71. The molecule has 1 heterocycles. The van der Waals surface area contributed by atoms with Gasteiger partial charge in [-0.1, -0.05) is 42.5 Å². The van der Waals surface area contributed by atoms with E-state index in [0.717, 1.165) is 17.1 Å².